The molecule has 0 bridgehead atoms. The molecule has 0 N–H and O–H groups in total. The van der Waals surface area contributed by atoms with Crippen molar-refractivity contribution in [2.45, 2.75) is 0 Å². The molecular formula is C16H11ClN2. The Bertz CT molecular complexity index is 682. The molecular weight excluding hydrogens is 256 g/mol. The lowest BCUT2D eigenvalue weighted by Crippen LogP contribution is -1.87. The lowest BCUT2D eigenvalue weighted by atomic mass is 10.0. The van der Waals surface area contributed by atoms with E-state index >= 15 is 0 Å². The Morgan fingerprint density at radius 1 is 0.737 bits per heavy atom. The lowest BCUT2D eigenvalue weighted by Gasteiger charge is -2.06. The van der Waals surface area contributed by atoms with Crippen molar-refractivity contribution in [2.24, 2.45) is 0 Å². The van der Waals surface area contributed by atoms with Gasteiger partial charge < -0.3 is 0 Å². The molecule has 19 heavy (non-hydrogen) atoms. The predicted molar refractivity (Wildman–Crippen MR) is 77.9 cm³/mol. The van der Waals surface area contributed by atoms with E-state index in [1.54, 1.807) is 18.5 Å². The van der Waals surface area contributed by atoms with Gasteiger partial charge in [-0.3, -0.25) is 0 Å². The molecule has 0 aliphatic rings. The van der Waals surface area contributed by atoms with Crippen molar-refractivity contribution in [2.75, 3.05) is 0 Å². The fourth-order valence-corrected chi connectivity index (χ4v) is 2.24. The SMILES string of the molecule is Clc1cc(-c2ncccn2)ccc1-c1ccccc1. The summed E-state index contributed by atoms with van der Waals surface area (Å²) >= 11 is 6.36. The maximum atomic E-state index is 6.36. The van der Waals surface area contributed by atoms with Crippen LogP contribution in [0.5, 0.6) is 0 Å². The van der Waals surface area contributed by atoms with Gasteiger partial charge in [-0.25, -0.2) is 9.97 Å². The van der Waals surface area contributed by atoms with Gasteiger partial charge >= 0.3 is 0 Å². The third-order valence-corrected chi connectivity index (χ3v) is 3.19. The molecule has 0 amide bonds. The summed E-state index contributed by atoms with van der Waals surface area (Å²) in [5.74, 6) is 0.684. The molecule has 0 spiro atoms. The lowest BCUT2D eigenvalue weighted by molar-refractivity contribution is 1.18. The first-order valence-corrected chi connectivity index (χ1v) is 6.35. The fourth-order valence-electron chi connectivity index (χ4n) is 1.95. The van der Waals surface area contributed by atoms with Gasteiger partial charge in [0.1, 0.15) is 0 Å². The highest BCUT2D eigenvalue weighted by Gasteiger charge is 2.06. The highest BCUT2D eigenvalue weighted by Crippen LogP contribution is 2.30. The molecule has 1 aromatic heterocycles. The van der Waals surface area contributed by atoms with Gasteiger partial charge in [0.05, 0.1) is 0 Å². The van der Waals surface area contributed by atoms with Crippen LogP contribution in [0.4, 0.5) is 0 Å². The Kier molecular flexibility index (Phi) is 3.25. The zero-order chi connectivity index (χ0) is 13.1. The van der Waals surface area contributed by atoms with Crippen LogP contribution in [0.1, 0.15) is 0 Å². The van der Waals surface area contributed by atoms with E-state index in [9.17, 15) is 0 Å². The van der Waals surface area contributed by atoms with Crippen LogP contribution in [-0.4, -0.2) is 9.97 Å². The Labute approximate surface area is 116 Å². The standard InChI is InChI=1S/C16H11ClN2/c17-15-11-13(16-18-9-4-10-19-16)7-8-14(15)12-5-2-1-3-6-12/h1-11H. The molecule has 92 valence electrons. The highest BCUT2D eigenvalue weighted by atomic mass is 35.5. The minimum absolute atomic E-state index is 0.684. The van der Waals surface area contributed by atoms with Gasteiger partial charge in [0.25, 0.3) is 0 Å². The van der Waals surface area contributed by atoms with Crippen LogP contribution < -0.4 is 0 Å². The van der Waals surface area contributed by atoms with Crippen molar-refractivity contribution in [3.8, 4) is 22.5 Å². The number of benzene rings is 2. The summed E-state index contributed by atoms with van der Waals surface area (Å²) in [6, 6.07) is 17.8. The first-order chi connectivity index (χ1) is 9.34. The van der Waals surface area contributed by atoms with E-state index in [2.05, 4.69) is 9.97 Å². The molecule has 2 aromatic carbocycles. The summed E-state index contributed by atoms with van der Waals surface area (Å²) in [6.45, 7) is 0. The Balaban J connectivity index is 2.04. The van der Waals surface area contributed by atoms with E-state index in [1.807, 2.05) is 48.5 Å². The number of nitrogens with zero attached hydrogens (tertiary/aromatic N) is 2. The van der Waals surface area contributed by atoms with Crippen molar-refractivity contribution in [1.29, 1.82) is 0 Å². The van der Waals surface area contributed by atoms with Crippen LogP contribution in [0.15, 0.2) is 67.0 Å². The van der Waals surface area contributed by atoms with E-state index in [-0.39, 0.29) is 0 Å². The third-order valence-electron chi connectivity index (χ3n) is 2.88. The van der Waals surface area contributed by atoms with E-state index < -0.39 is 0 Å². The molecule has 0 aliphatic carbocycles. The van der Waals surface area contributed by atoms with Gasteiger partial charge in [-0.1, -0.05) is 54.1 Å². The molecule has 0 atom stereocenters. The van der Waals surface area contributed by atoms with Crippen molar-refractivity contribution in [1.82, 2.24) is 9.97 Å². The maximum absolute atomic E-state index is 6.36. The Morgan fingerprint density at radius 2 is 1.47 bits per heavy atom. The predicted octanol–water partition coefficient (Wildman–Crippen LogP) is 4.46. The second kappa shape index (κ2) is 5.21. The summed E-state index contributed by atoms with van der Waals surface area (Å²) in [5.41, 5.74) is 3.04. The maximum Gasteiger partial charge on any atom is 0.159 e. The van der Waals surface area contributed by atoms with Crippen molar-refractivity contribution in [3.63, 3.8) is 0 Å². The number of aromatic nitrogens is 2. The average molecular weight is 267 g/mol. The minimum Gasteiger partial charge on any atom is -0.237 e. The summed E-state index contributed by atoms with van der Waals surface area (Å²) in [4.78, 5) is 8.45. The molecule has 3 rings (SSSR count). The quantitative estimate of drug-likeness (QED) is 0.684. The number of hydrogen-bond donors (Lipinski definition) is 0. The van der Waals surface area contributed by atoms with E-state index in [0.717, 1.165) is 16.7 Å². The van der Waals surface area contributed by atoms with Crippen LogP contribution in [0.3, 0.4) is 0 Å². The largest absolute Gasteiger partial charge is 0.237 e. The summed E-state index contributed by atoms with van der Waals surface area (Å²) < 4.78 is 0. The van der Waals surface area contributed by atoms with Gasteiger partial charge in [-0.2, -0.15) is 0 Å². The molecule has 1 heterocycles. The van der Waals surface area contributed by atoms with Crippen LogP contribution in [0, 0.1) is 0 Å². The second-order valence-electron chi connectivity index (χ2n) is 4.13. The van der Waals surface area contributed by atoms with E-state index in [4.69, 9.17) is 11.6 Å². The Morgan fingerprint density at radius 3 is 2.16 bits per heavy atom. The number of rotatable bonds is 2. The van der Waals surface area contributed by atoms with Gasteiger partial charge in [-0.05, 0) is 17.7 Å². The molecule has 3 heteroatoms. The average Bonchev–Trinajstić information content (AvgIpc) is 2.49. The molecule has 0 saturated carbocycles. The third kappa shape index (κ3) is 2.49. The normalized spacial score (nSPS) is 10.4. The first-order valence-electron chi connectivity index (χ1n) is 5.97. The fraction of sp³-hybridized carbons (Fsp3) is 0. The van der Waals surface area contributed by atoms with Crippen molar-refractivity contribution in [3.05, 3.63) is 72.0 Å². The summed E-state index contributed by atoms with van der Waals surface area (Å²) in [6.07, 6.45) is 3.45. The van der Waals surface area contributed by atoms with Gasteiger partial charge in [0, 0.05) is 28.5 Å². The molecule has 3 aromatic rings. The topological polar surface area (TPSA) is 25.8 Å². The van der Waals surface area contributed by atoms with Crippen molar-refractivity contribution < 1.29 is 0 Å². The Hall–Kier alpha value is -2.19. The highest BCUT2D eigenvalue weighted by molar-refractivity contribution is 6.33. The zero-order valence-corrected chi connectivity index (χ0v) is 10.9. The van der Waals surface area contributed by atoms with Crippen LogP contribution in [0.25, 0.3) is 22.5 Å². The molecule has 0 fully saturated rings. The molecule has 0 aliphatic heterocycles. The zero-order valence-electron chi connectivity index (χ0n) is 10.1. The van der Waals surface area contributed by atoms with Crippen molar-refractivity contribution >= 4 is 11.6 Å². The van der Waals surface area contributed by atoms with Gasteiger partial charge in [0.2, 0.25) is 0 Å². The monoisotopic (exact) mass is 266 g/mol. The smallest absolute Gasteiger partial charge is 0.159 e. The summed E-state index contributed by atoms with van der Waals surface area (Å²) in [5, 5.41) is 0.705. The molecule has 0 radical (unpaired) electrons. The molecule has 2 nitrogen and oxygen atoms in total. The number of halogens is 1. The van der Waals surface area contributed by atoms with Crippen LogP contribution >= 0.6 is 11.6 Å². The minimum atomic E-state index is 0.684. The van der Waals surface area contributed by atoms with E-state index in [1.165, 1.54) is 0 Å². The molecule has 0 saturated heterocycles. The van der Waals surface area contributed by atoms with Crippen LogP contribution in [0.2, 0.25) is 5.02 Å². The second-order valence-corrected chi connectivity index (χ2v) is 4.54. The summed E-state index contributed by atoms with van der Waals surface area (Å²) in [7, 11) is 0. The van der Waals surface area contributed by atoms with E-state index in [0.29, 0.717) is 10.8 Å². The number of hydrogen-bond acceptors (Lipinski definition) is 2. The molecule has 0 unspecified atom stereocenters. The first kappa shape index (κ1) is 11.9. The van der Waals surface area contributed by atoms with Gasteiger partial charge in [-0.15, -0.1) is 0 Å². The van der Waals surface area contributed by atoms with Crippen LogP contribution in [-0.2, 0) is 0 Å². The van der Waals surface area contributed by atoms with Gasteiger partial charge in [0.15, 0.2) is 5.82 Å².